The summed E-state index contributed by atoms with van der Waals surface area (Å²) >= 11 is 14.9. The number of halogens is 2. The zero-order valence-electron chi connectivity index (χ0n) is 17.2. The second-order valence-corrected chi connectivity index (χ2v) is 9.42. The van der Waals surface area contributed by atoms with Crippen molar-refractivity contribution in [2.45, 2.75) is 23.2 Å². The van der Waals surface area contributed by atoms with Gasteiger partial charge in [-0.05, 0) is 29.8 Å². The van der Waals surface area contributed by atoms with Crippen LogP contribution in [0.3, 0.4) is 0 Å². The van der Waals surface area contributed by atoms with Crippen LogP contribution in [0.15, 0.2) is 60.3 Å². The van der Waals surface area contributed by atoms with Crippen molar-refractivity contribution in [1.29, 1.82) is 0 Å². The monoisotopic (exact) mass is 523 g/mol. The van der Waals surface area contributed by atoms with E-state index in [4.69, 9.17) is 23.2 Å². The number of carbonyl (C=O) groups is 1. The fraction of sp³-hybridized carbons (Fsp3) is 0.190. The van der Waals surface area contributed by atoms with Crippen LogP contribution in [0.1, 0.15) is 11.4 Å². The van der Waals surface area contributed by atoms with Crippen LogP contribution in [0, 0.1) is 10.1 Å². The largest absolute Gasteiger partial charge is 0.325 e. The summed E-state index contributed by atoms with van der Waals surface area (Å²) in [6.45, 7) is 4.30. The van der Waals surface area contributed by atoms with E-state index in [9.17, 15) is 14.9 Å². The van der Waals surface area contributed by atoms with Crippen LogP contribution in [-0.2, 0) is 22.8 Å². The highest BCUT2D eigenvalue weighted by Gasteiger charge is 2.14. The van der Waals surface area contributed by atoms with Crippen molar-refractivity contribution in [1.82, 2.24) is 14.8 Å². The highest BCUT2D eigenvalue weighted by Crippen LogP contribution is 2.26. The fourth-order valence-corrected chi connectivity index (χ4v) is 4.73. The number of benzene rings is 2. The maximum atomic E-state index is 12.3. The van der Waals surface area contributed by atoms with Gasteiger partial charge in [0.25, 0.3) is 5.69 Å². The number of amides is 1. The molecule has 1 aromatic heterocycles. The first-order valence-electron chi connectivity index (χ1n) is 9.59. The highest BCUT2D eigenvalue weighted by atomic mass is 35.5. The predicted molar refractivity (Wildman–Crippen MR) is 134 cm³/mol. The number of nitro benzene ring substituents is 1. The van der Waals surface area contributed by atoms with E-state index in [1.54, 1.807) is 23.9 Å². The molecule has 0 aliphatic carbocycles. The molecule has 0 saturated heterocycles. The number of carbonyl (C=O) groups excluding carboxylic acids is 1. The SMILES string of the molecule is C=CCn1c(CSCc2ccc(Cl)c(Cl)c2)nnc1SCC(=O)Nc1ccc([N+](=O)[O-])cc1. The van der Waals surface area contributed by atoms with E-state index in [2.05, 4.69) is 22.1 Å². The quantitative estimate of drug-likeness (QED) is 0.145. The lowest BCUT2D eigenvalue weighted by atomic mass is 10.2. The molecule has 3 rings (SSSR count). The average molecular weight is 524 g/mol. The average Bonchev–Trinajstić information content (AvgIpc) is 3.17. The molecule has 0 bridgehead atoms. The third-order valence-corrected chi connectivity index (χ3v) is 6.99. The van der Waals surface area contributed by atoms with Crippen molar-refractivity contribution in [2.24, 2.45) is 0 Å². The predicted octanol–water partition coefficient (Wildman–Crippen LogP) is 5.84. The molecule has 0 radical (unpaired) electrons. The first-order valence-corrected chi connectivity index (χ1v) is 12.5. The Bertz CT molecular complexity index is 1160. The van der Waals surface area contributed by atoms with Crippen molar-refractivity contribution >= 4 is 64.0 Å². The summed E-state index contributed by atoms with van der Waals surface area (Å²) in [6, 6.07) is 11.2. The molecule has 33 heavy (non-hydrogen) atoms. The molecule has 0 saturated carbocycles. The third-order valence-electron chi connectivity index (χ3n) is 4.28. The smallest absolute Gasteiger partial charge is 0.269 e. The van der Waals surface area contributed by atoms with Gasteiger partial charge in [-0.3, -0.25) is 14.9 Å². The summed E-state index contributed by atoms with van der Waals surface area (Å²) < 4.78 is 1.92. The lowest BCUT2D eigenvalue weighted by molar-refractivity contribution is -0.384. The molecule has 12 heteroatoms. The Labute approximate surface area is 208 Å². The minimum absolute atomic E-state index is 0.0375. The molecule has 3 aromatic rings. The highest BCUT2D eigenvalue weighted by molar-refractivity contribution is 7.99. The van der Waals surface area contributed by atoms with Crippen molar-refractivity contribution in [3.8, 4) is 0 Å². The zero-order chi connectivity index (χ0) is 23.8. The molecule has 0 unspecified atom stereocenters. The molecule has 0 aliphatic heterocycles. The van der Waals surface area contributed by atoms with E-state index in [-0.39, 0.29) is 17.3 Å². The molecular weight excluding hydrogens is 505 g/mol. The van der Waals surface area contributed by atoms with Crippen molar-refractivity contribution in [3.05, 3.63) is 86.7 Å². The van der Waals surface area contributed by atoms with Crippen LogP contribution in [0.2, 0.25) is 10.0 Å². The number of thioether (sulfide) groups is 2. The summed E-state index contributed by atoms with van der Waals surface area (Å²) in [5.41, 5.74) is 1.50. The summed E-state index contributed by atoms with van der Waals surface area (Å²) in [4.78, 5) is 22.5. The first kappa shape index (κ1) is 25.1. The van der Waals surface area contributed by atoms with Crippen molar-refractivity contribution in [3.63, 3.8) is 0 Å². The first-order chi connectivity index (χ1) is 15.9. The Morgan fingerprint density at radius 2 is 1.91 bits per heavy atom. The Balaban J connectivity index is 1.55. The topological polar surface area (TPSA) is 103 Å². The van der Waals surface area contributed by atoms with Gasteiger partial charge in [-0.25, -0.2) is 0 Å². The summed E-state index contributed by atoms with van der Waals surface area (Å²) in [6.07, 6.45) is 1.75. The molecule has 172 valence electrons. The molecule has 1 heterocycles. The Morgan fingerprint density at radius 1 is 1.15 bits per heavy atom. The second kappa shape index (κ2) is 12.1. The number of aromatic nitrogens is 3. The fourth-order valence-electron chi connectivity index (χ4n) is 2.73. The molecule has 0 spiro atoms. The second-order valence-electron chi connectivity index (χ2n) is 6.68. The van der Waals surface area contributed by atoms with Gasteiger partial charge in [-0.2, -0.15) is 0 Å². The number of allylic oxidation sites excluding steroid dienone is 1. The maximum Gasteiger partial charge on any atom is 0.269 e. The maximum absolute atomic E-state index is 12.3. The van der Waals surface area contributed by atoms with Gasteiger partial charge in [0.15, 0.2) is 5.16 Å². The molecule has 0 aliphatic rings. The number of rotatable bonds is 11. The van der Waals surface area contributed by atoms with E-state index >= 15 is 0 Å². The van der Waals surface area contributed by atoms with Crippen LogP contribution >= 0.6 is 46.7 Å². The van der Waals surface area contributed by atoms with Crippen LogP contribution < -0.4 is 5.32 Å². The van der Waals surface area contributed by atoms with Crippen LogP contribution in [-0.4, -0.2) is 31.3 Å². The van der Waals surface area contributed by atoms with Crippen LogP contribution in [0.5, 0.6) is 0 Å². The number of non-ortho nitro benzene ring substituents is 1. The number of nitro groups is 1. The third kappa shape index (κ3) is 7.23. The van der Waals surface area contributed by atoms with Crippen LogP contribution in [0.25, 0.3) is 0 Å². The van der Waals surface area contributed by atoms with E-state index in [0.29, 0.717) is 33.2 Å². The number of hydrogen-bond donors (Lipinski definition) is 1. The van der Waals surface area contributed by atoms with E-state index in [1.807, 2.05) is 16.7 Å². The standard InChI is InChI=1S/C21H19Cl2N5O3S2/c1-2-9-27-19(12-32-11-14-3-8-17(22)18(23)10-14)25-26-21(27)33-13-20(29)24-15-4-6-16(7-5-15)28(30)31/h2-8,10H,1,9,11-13H2,(H,24,29). The van der Waals surface area contributed by atoms with Crippen LogP contribution in [0.4, 0.5) is 11.4 Å². The molecule has 2 aromatic carbocycles. The Hall–Kier alpha value is -2.53. The Kier molecular flexibility index (Phi) is 9.19. The van der Waals surface area contributed by atoms with Gasteiger partial charge in [0, 0.05) is 30.1 Å². The van der Waals surface area contributed by atoms with Gasteiger partial charge in [-0.15, -0.1) is 28.5 Å². The summed E-state index contributed by atoms with van der Waals surface area (Å²) in [5.74, 6) is 1.99. The van der Waals surface area contributed by atoms with Gasteiger partial charge in [0.2, 0.25) is 5.91 Å². The zero-order valence-corrected chi connectivity index (χ0v) is 20.4. The van der Waals surface area contributed by atoms with Gasteiger partial charge in [-0.1, -0.05) is 47.1 Å². The summed E-state index contributed by atoms with van der Waals surface area (Å²) in [7, 11) is 0. The molecule has 8 nitrogen and oxygen atoms in total. The van der Waals surface area contributed by atoms with Gasteiger partial charge < -0.3 is 9.88 Å². The van der Waals surface area contributed by atoms with Crippen molar-refractivity contribution < 1.29 is 9.72 Å². The molecule has 1 N–H and O–H groups in total. The lowest BCUT2D eigenvalue weighted by Gasteiger charge is -2.08. The number of hydrogen-bond acceptors (Lipinski definition) is 7. The number of anilines is 1. The van der Waals surface area contributed by atoms with E-state index in [1.165, 1.54) is 36.0 Å². The molecule has 0 fully saturated rings. The number of nitrogens with one attached hydrogen (secondary N) is 1. The van der Waals surface area contributed by atoms with Crippen molar-refractivity contribution in [2.75, 3.05) is 11.1 Å². The van der Waals surface area contributed by atoms with E-state index < -0.39 is 4.92 Å². The van der Waals surface area contributed by atoms with E-state index in [0.717, 1.165) is 17.1 Å². The van der Waals surface area contributed by atoms with Gasteiger partial charge in [0.1, 0.15) is 5.82 Å². The number of nitrogens with zero attached hydrogens (tertiary/aromatic N) is 4. The molecular formula is C21H19Cl2N5O3S2. The van der Waals surface area contributed by atoms with Gasteiger partial charge in [0.05, 0.1) is 26.5 Å². The normalized spacial score (nSPS) is 10.7. The minimum atomic E-state index is -0.492. The lowest BCUT2D eigenvalue weighted by Crippen LogP contribution is -2.14. The summed E-state index contributed by atoms with van der Waals surface area (Å²) in [5, 5.41) is 23.6. The molecule has 0 atom stereocenters. The molecule has 1 amide bonds. The Morgan fingerprint density at radius 3 is 2.58 bits per heavy atom. The minimum Gasteiger partial charge on any atom is -0.325 e. The van der Waals surface area contributed by atoms with Gasteiger partial charge >= 0.3 is 0 Å².